The zero-order valence-electron chi connectivity index (χ0n) is 17.6. The fourth-order valence-corrected chi connectivity index (χ4v) is 3.66. The van der Waals surface area contributed by atoms with E-state index in [1.54, 1.807) is 21.3 Å². The minimum Gasteiger partial charge on any atom is -0.497 e. The molecule has 0 amide bonds. The van der Waals surface area contributed by atoms with Crippen LogP contribution in [0.2, 0.25) is 5.02 Å². The first-order valence-corrected chi connectivity index (χ1v) is 10.1. The maximum absolute atomic E-state index is 6.71. The number of rotatable bonds is 6. The Hall–Kier alpha value is -3.50. The molecule has 0 unspecified atom stereocenters. The van der Waals surface area contributed by atoms with Crippen molar-refractivity contribution in [3.63, 3.8) is 0 Å². The van der Waals surface area contributed by atoms with Gasteiger partial charge in [-0.3, -0.25) is 0 Å². The Labute approximate surface area is 187 Å². The van der Waals surface area contributed by atoms with Crippen LogP contribution in [0.3, 0.4) is 0 Å². The average molecular weight is 432 g/mol. The minimum atomic E-state index is 0.577. The molecule has 0 saturated carbocycles. The number of hydrogen-bond acceptors (Lipinski definition) is 4. The molecule has 0 fully saturated rings. The second kappa shape index (κ2) is 9.11. The van der Waals surface area contributed by atoms with Crippen LogP contribution in [0.15, 0.2) is 78.9 Å². The van der Waals surface area contributed by atoms with Crippen molar-refractivity contribution in [2.24, 2.45) is 0 Å². The molecule has 5 heteroatoms. The predicted molar refractivity (Wildman–Crippen MR) is 125 cm³/mol. The Kier molecular flexibility index (Phi) is 6.10. The van der Waals surface area contributed by atoms with Crippen LogP contribution in [0, 0.1) is 0 Å². The van der Waals surface area contributed by atoms with Crippen LogP contribution in [0.4, 0.5) is 0 Å². The molecular weight excluding hydrogens is 410 g/mol. The topological polar surface area (TPSA) is 40.6 Å². The maximum atomic E-state index is 6.71. The third kappa shape index (κ3) is 4.35. The van der Waals surface area contributed by atoms with Crippen LogP contribution in [0.1, 0.15) is 0 Å². The molecule has 4 rings (SSSR count). The summed E-state index contributed by atoms with van der Waals surface area (Å²) in [5.41, 5.74) is 5.38. The fraction of sp³-hybridized carbons (Fsp3) is 0.115. The van der Waals surface area contributed by atoms with Crippen molar-refractivity contribution in [2.45, 2.75) is 0 Å². The number of methoxy groups -OCH3 is 3. The van der Waals surface area contributed by atoms with Crippen LogP contribution in [-0.2, 0) is 0 Å². The summed E-state index contributed by atoms with van der Waals surface area (Å²) in [4.78, 5) is 5.00. The largest absolute Gasteiger partial charge is 0.497 e. The summed E-state index contributed by atoms with van der Waals surface area (Å²) in [6.45, 7) is 0. The molecular formula is C26H22ClNO3. The third-order valence-electron chi connectivity index (χ3n) is 5.10. The molecule has 0 radical (unpaired) electrons. The van der Waals surface area contributed by atoms with Gasteiger partial charge in [0.25, 0.3) is 0 Å². The highest BCUT2D eigenvalue weighted by Crippen LogP contribution is 2.38. The molecule has 0 aliphatic rings. The van der Waals surface area contributed by atoms with E-state index in [4.69, 9.17) is 30.8 Å². The van der Waals surface area contributed by atoms with Gasteiger partial charge in [0, 0.05) is 16.7 Å². The van der Waals surface area contributed by atoms with Gasteiger partial charge in [-0.15, -0.1) is 0 Å². The van der Waals surface area contributed by atoms with Crippen LogP contribution in [0.25, 0.3) is 33.6 Å². The summed E-state index contributed by atoms with van der Waals surface area (Å²) in [5.74, 6) is 2.37. The predicted octanol–water partition coefficient (Wildman–Crippen LogP) is 6.76. The molecule has 4 nitrogen and oxygen atoms in total. The number of pyridine rings is 1. The van der Waals surface area contributed by atoms with Gasteiger partial charge in [-0.1, -0.05) is 23.7 Å². The maximum Gasteiger partial charge on any atom is 0.118 e. The van der Waals surface area contributed by atoms with Crippen LogP contribution in [-0.4, -0.2) is 26.3 Å². The molecule has 0 atom stereocenters. The van der Waals surface area contributed by atoms with Crippen molar-refractivity contribution < 1.29 is 14.2 Å². The molecule has 31 heavy (non-hydrogen) atoms. The van der Waals surface area contributed by atoms with Gasteiger partial charge in [0.15, 0.2) is 0 Å². The lowest BCUT2D eigenvalue weighted by atomic mass is 9.97. The normalized spacial score (nSPS) is 10.6. The number of nitrogens with zero attached hydrogens (tertiary/aromatic N) is 1. The minimum absolute atomic E-state index is 0.577. The van der Waals surface area contributed by atoms with E-state index < -0.39 is 0 Å². The van der Waals surface area contributed by atoms with Gasteiger partial charge in [0.2, 0.25) is 0 Å². The Morgan fingerprint density at radius 3 is 1.35 bits per heavy atom. The van der Waals surface area contributed by atoms with Crippen molar-refractivity contribution in [2.75, 3.05) is 21.3 Å². The SMILES string of the molecule is COc1ccc(-c2cc(Cl)c(-c3ccc(OC)cc3)nc2-c2ccc(OC)cc2)cc1. The molecule has 0 bridgehead atoms. The zero-order chi connectivity index (χ0) is 21.8. The molecule has 1 heterocycles. The summed E-state index contributed by atoms with van der Waals surface area (Å²) < 4.78 is 15.9. The molecule has 1 aromatic heterocycles. The highest BCUT2D eigenvalue weighted by molar-refractivity contribution is 6.33. The van der Waals surface area contributed by atoms with Crippen LogP contribution < -0.4 is 14.2 Å². The smallest absolute Gasteiger partial charge is 0.118 e. The third-order valence-corrected chi connectivity index (χ3v) is 5.39. The summed E-state index contributed by atoms with van der Waals surface area (Å²) in [6.07, 6.45) is 0. The molecule has 4 aromatic rings. The molecule has 0 N–H and O–H groups in total. The molecule has 0 saturated heterocycles. The lowest BCUT2D eigenvalue weighted by Gasteiger charge is -2.15. The van der Waals surface area contributed by atoms with Crippen LogP contribution in [0.5, 0.6) is 17.2 Å². The van der Waals surface area contributed by atoms with E-state index >= 15 is 0 Å². The lowest BCUT2D eigenvalue weighted by molar-refractivity contribution is 0.414. The lowest BCUT2D eigenvalue weighted by Crippen LogP contribution is -1.95. The van der Waals surface area contributed by atoms with E-state index in [0.29, 0.717) is 10.7 Å². The fourth-order valence-electron chi connectivity index (χ4n) is 3.40. The average Bonchev–Trinajstić information content (AvgIpc) is 2.84. The monoisotopic (exact) mass is 431 g/mol. The highest BCUT2D eigenvalue weighted by atomic mass is 35.5. The van der Waals surface area contributed by atoms with Crippen molar-refractivity contribution in [3.05, 3.63) is 83.9 Å². The Balaban J connectivity index is 1.89. The summed E-state index contributed by atoms with van der Waals surface area (Å²) in [7, 11) is 4.95. The van der Waals surface area contributed by atoms with E-state index in [9.17, 15) is 0 Å². The molecule has 0 aliphatic carbocycles. The molecule has 3 aromatic carbocycles. The van der Waals surface area contributed by atoms with Crippen molar-refractivity contribution in [3.8, 4) is 50.9 Å². The Morgan fingerprint density at radius 1 is 0.548 bits per heavy atom. The summed E-state index contributed by atoms with van der Waals surface area (Å²) in [5, 5.41) is 0.577. The number of ether oxygens (including phenoxy) is 3. The van der Waals surface area contributed by atoms with Crippen molar-refractivity contribution >= 4 is 11.6 Å². The first kappa shape index (κ1) is 20.8. The van der Waals surface area contributed by atoms with Gasteiger partial charge in [0.05, 0.1) is 37.7 Å². The number of benzene rings is 3. The van der Waals surface area contributed by atoms with Gasteiger partial charge in [-0.2, -0.15) is 0 Å². The standard InChI is InChI=1S/C26H22ClNO3/c1-29-20-10-4-17(5-11-20)23-16-24(27)26(19-8-14-22(31-3)15-9-19)28-25(23)18-6-12-21(30-2)13-7-18/h4-16H,1-3H3. The van der Waals surface area contributed by atoms with E-state index in [0.717, 1.165) is 45.2 Å². The summed E-state index contributed by atoms with van der Waals surface area (Å²) in [6, 6.07) is 25.4. The number of aromatic nitrogens is 1. The zero-order valence-corrected chi connectivity index (χ0v) is 18.3. The van der Waals surface area contributed by atoms with Gasteiger partial charge >= 0.3 is 0 Å². The second-order valence-corrected chi connectivity index (χ2v) is 7.31. The van der Waals surface area contributed by atoms with E-state index in [-0.39, 0.29) is 0 Å². The Morgan fingerprint density at radius 2 is 0.935 bits per heavy atom. The quantitative estimate of drug-likeness (QED) is 0.338. The summed E-state index contributed by atoms with van der Waals surface area (Å²) >= 11 is 6.71. The second-order valence-electron chi connectivity index (χ2n) is 6.90. The molecule has 156 valence electrons. The number of hydrogen-bond donors (Lipinski definition) is 0. The van der Waals surface area contributed by atoms with E-state index in [1.165, 1.54) is 0 Å². The first-order chi connectivity index (χ1) is 15.1. The number of halogens is 1. The first-order valence-electron chi connectivity index (χ1n) is 9.76. The van der Waals surface area contributed by atoms with Crippen molar-refractivity contribution in [1.82, 2.24) is 4.98 Å². The van der Waals surface area contributed by atoms with Gasteiger partial charge in [-0.05, 0) is 72.3 Å². The van der Waals surface area contributed by atoms with Crippen LogP contribution >= 0.6 is 11.6 Å². The van der Waals surface area contributed by atoms with Crippen molar-refractivity contribution in [1.29, 1.82) is 0 Å². The van der Waals surface area contributed by atoms with E-state index in [2.05, 4.69) is 0 Å². The molecule has 0 spiro atoms. The van der Waals surface area contributed by atoms with Gasteiger partial charge < -0.3 is 14.2 Å². The Bertz CT molecular complexity index is 1170. The van der Waals surface area contributed by atoms with Gasteiger partial charge in [-0.25, -0.2) is 4.98 Å². The highest BCUT2D eigenvalue weighted by Gasteiger charge is 2.16. The van der Waals surface area contributed by atoms with Gasteiger partial charge in [0.1, 0.15) is 17.2 Å². The molecule has 0 aliphatic heterocycles. The van der Waals surface area contributed by atoms with E-state index in [1.807, 2.05) is 78.9 Å².